The van der Waals surface area contributed by atoms with Crippen LogP contribution in [0.2, 0.25) is 0 Å². The van der Waals surface area contributed by atoms with Crippen LogP contribution in [-0.4, -0.2) is 39.2 Å². The van der Waals surface area contributed by atoms with Crippen molar-refractivity contribution in [2.75, 3.05) is 13.6 Å². The highest BCUT2D eigenvalue weighted by Crippen LogP contribution is 2.17. The molecule has 1 aromatic rings. The largest absolute Gasteiger partial charge is 0.338 e. The summed E-state index contributed by atoms with van der Waals surface area (Å²) in [5, 5.41) is 8.37. The normalized spacial score (nSPS) is 15.4. The van der Waals surface area contributed by atoms with Gasteiger partial charge in [-0.05, 0) is 18.8 Å². The first kappa shape index (κ1) is 15.0. The maximum atomic E-state index is 12.4. The van der Waals surface area contributed by atoms with Gasteiger partial charge in [-0.3, -0.25) is 4.79 Å². The zero-order valence-electron chi connectivity index (χ0n) is 12.7. The van der Waals surface area contributed by atoms with Crippen LogP contribution in [0.15, 0.2) is 0 Å². The average Bonchev–Trinajstić information content (AvgIpc) is 2.99. The lowest BCUT2D eigenvalue weighted by Gasteiger charge is -2.23. The van der Waals surface area contributed by atoms with Gasteiger partial charge in [-0.15, -0.1) is 10.2 Å². The van der Waals surface area contributed by atoms with E-state index in [0.29, 0.717) is 19.0 Å². The Labute approximate surface area is 120 Å². The summed E-state index contributed by atoms with van der Waals surface area (Å²) in [4.78, 5) is 14.2. The number of carbonyl (C=O) groups is 1. The molecule has 6 heteroatoms. The quantitative estimate of drug-likeness (QED) is 0.835. The fraction of sp³-hybridized carbons (Fsp3) is 0.786. The van der Waals surface area contributed by atoms with E-state index >= 15 is 0 Å². The first-order chi connectivity index (χ1) is 9.52. The van der Waals surface area contributed by atoms with Crippen LogP contribution < -0.4 is 5.73 Å². The third kappa shape index (κ3) is 3.17. The Hall–Kier alpha value is -1.43. The molecule has 2 N–H and O–H groups in total. The number of hydrogen-bond donors (Lipinski definition) is 1. The van der Waals surface area contributed by atoms with Crippen LogP contribution in [-0.2, 0) is 24.3 Å². The Morgan fingerprint density at radius 3 is 2.85 bits per heavy atom. The fourth-order valence-corrected chi connectivity index (χ4v) is 2.80. The molecule has 1 atom stereocenters. The second-order valence-corrected chi connectivity index (χ2v) is 6.04. The van der Waals surface area contributed by atoms with Crippen LogP contribution in [0.4, 0.5) is 0 Å². The fourth-order valence-electron chi connectivity index (χ4n) is 2.80. The van der Waals surface area contributed by atoms with Gasteiger partial charge in [0.1, 0.15) is 5.82 Å². The molecule has 1 amide bonds. The third-order valence-electron chi connectivity index (χ3n) is 3.83. The van der Waals surface area contributed by atoms with Gasteiger partial charge in [-0.2, -0.15) is 0 Å². The predicted octanol–water partition coefficient (Wildman–Crippen LogP) is 0.804. The van der Waals surface area contributed by atoms with Crippen LogP contribution in [0.25, 0.3) is 0 Å². The van der Waals surface area contributed by atoms with Crippen LogP contribution in [0.1, 0.15) is 38.3 Å². The Morgan fingerprint density at radius 1 is 1.45 bits per heavy atom. The first-order valence-corrected chi connectivity index (χ1v) is 7.39. The van der Waals surface area contributed by atoms with Crippen molar-refractivity contribution in [3.63, 3.8) is 0 Å². The molecule has 2 rings (SSSR count). The lowest BCUT2D eigenvalue weighted by molar-refractivity contribution is -0.135. The van der Waals surface area contributed by atoms with Crippen LogP contribution in [0.5, 0.6) is 0 Å². The molecule has 0 saturated carbocycles. The Balaban J connectivity index is 1.99. The molecular formula is C14H25N5O. The van der Waals surface area contributed by atoms with E-state index in [1.165, 1.54) is 0 Å². The molecule has 112 valence electrons. The summed E-state index contributed by atoms with van der Waals surface area (Å²) in [6, 6.07) is 0. The topological polar surface area (TPSA) is 77.0 Å². The Bertz CT molecular complexity index is 468. The van der Waals surface area contributed by atoms with Gasteiger partial charge in [0.25, 0.3) is 0 Å². The Kier molecular flexibility index (Phi) is 4.75. The van der Waals surface area contributed by atoms with E-state index in [-0.39, 0.29) is 11.8 Å². The lowest BCUT2D eigenvalue weighted by atomic mass is 9.96. The van der Waals surface area contributed by atoms with Gasteiger partial charge in [0.15, 0.2) is 5.82 Å². The molecule has 0 spiro atoms. The highest BCUT2D eigenvalue weighted by atomic mass is 16.2. The molecule has 0 aromatic carbocycles. The minimum absolute atomic E-state index is 0.0963. The SMILES string of the molecule is CC(C)CC(CN)C(=O)N(C)Cc1nnc2n1CCC2. The molecule has 1 aliphatic heterocycles. The standard InChI is InChI=1S/C14H25N5O/c1-10(2)7-11(8-15)14(20)18(3)9-13-17-16-12-5-4-6-19(12)13/h10-11H,4-9,15H2,1-3H3. The van der Waals surface area contributed by atoms with E-state index in [1.54, 1.807) is 4.90 Å². The molecule has 6 nitrogen and oxygen atoms in total. The van der Waals surface area contributed by atoms with Crippen molar-refractivity contribution < 1.29 is 4.79 Å². The van der Waals surface area contributed by atoms with Gasteiger partial charge in [0, 0.05) is 26.6 Å². The zero-order chi connectivity index (χ0) is 14.7. The minimum Gasteiger partial charge on any atom is -0.338 e. The smallest absolute Gasteiger partial charge is 0.227 e. The summed E-state index contributed by atoms with van der Waals surface area (Å²) < 4.78 is 2.13. The van der Waals surface area contributed by atoms with Gasteiger partial charge in [-0.1, -0.05) is 13.8 Å². The van der Waals surface area contributed by atoms with E-state index in [9.17, 15) is 4.79 Å². The van der Waals surface area contributed by atoms with Crippen molar-refractivity contribution in [3.05, 3.63) is 11.6 Å². The summed E-state index contributed by atoms with van der Waals surface area (Å²) in [5.74, 6) is 2.41. The zero-order valence-corrected chi connectivity index (χ0v) is 12.7. The molecule has 0 aliphatic carbocycles. The summed E-state index contributed by atoms with van der Waals surface area (Å²) >= 11 is 0. The molecule has 2 heterocycles. The second-order valence-electron chi connectivity index (χ2n) is 6.04. The van der Waals surface area contributed by atoms with Crippen LogP contribution in [0, 0.1) is 11.8 Å². The van der Waals surface area contributed by atoms with Gasteiger partial charge in [0.05, 0.1) is 12.5 Å². The highest BCUT2D eigenvalue weighted by Gasteiger charge is 2.24. The van der Waals surface area contributed by atoms with Gasteiger partial charge in [-0.25, -0.2) is 0 Å². The van der Waals surface area contributed by atoms with Crippen molar-refractivity contribution in [3.8, 4) is 0 Å². The monoisotopic (exact) mass is 279 g/mol. The van der Waals surface area contributed by atoms with Crippen molar-refractivity contribution in [1.82, 2.24) is 19.7 Å². The number of nitrogens with zero attached hydrogens (tertiary/aromatic N) is 4. The number of fused-ring (bicyclic) bond motifs is 1. The molecule has 1 aromatic heterocycles. The number of rotatable bonds is 6. The minimum atomic E-state index is -0.0963. The maximum Gasteiger partial charge on any atom is 0.227 e. The molecule has 1 unspecified atom stereocenters. The average molecular weight is 279 g/mol. The summed E-state index contributed by atoms with van der Waals surface area (Å²) in [6.07, 6.45) is 2.94. The van der Waals surface area contributed by atoms with Gasteiger partial charge >= 0.3 is 0 Å². The van der Waals surface area contributed by atoms with Crippen molar-refractivity contribution in [2.24, 2.45) is 17.6 Å². The molecule has 20 heavy (non-hydrogen) atoms. The number of aryl methyl sites for hydroxylation is 1. The first-order valence-electron chi connectivity index (χ1n) is 7.39. The van der Waals surface area contributed by atoms with E-state index in [2.05, 4.69) is 28.6 Å². The van der Waals surface area contributed by atoms with Crippen LogP contribution >= 0.6 is 0 Å². The number of carbonyl (C=O) groups excluding carboxylic acids is 1. The van der Waals surface area contributed by atoms with E-state index in [4.69, 9.17) is 5.73 Å². The number of nitrogens with two attached hydrogens (primary N) is 1. The van der Waals surface area contributed by atoms with Crippen LogP contribution in [0.3, 0.4) is 0 Å². The summed E-state index contributed by atoms with van der Waals surface area (Å²) in [7, 11) is 1.82. The van der Waals surface area contributed by atoms with Gasteiger partial charge in [0.2, 0.25) is 5.91 Å². The maximum absolute atomic E-state index is 12.4. The Morgan fingerprint density at radius 2 is 2.20 bits per heavy atom. The van der Waals surface area contributed by atoms with Crippen molar-refractivity contribution in [2.45, 2.75) is 46.2 Å². The van der Waals surface area contributed by atoms with Crippen molar-refractivity contribution in [1.29, 1.82) is 0 Å². The summed E-state index contributed by atoms with van der Waals surface area (Å²) in [6.45, 7) is 6.11. The summed E-state index contributed by atoms with van der Waals surface area (Å²) in [5.41, 5.74) is 5.74. The van der Waals surface area contributed by atoms with E-state index in [1.807, 2.05) is 7.05 Å². The highest BCUT2D eigenvalue weighted by molar-refractivity contribution is 5.78. The number of hydrogen-bond acceptors (Lipinski definition) is 4. The third-order valence-corrected chi connectivity index (χ3v) is 3.83. The van der Waals surface area contributed by atoms with E-state index in [0.717, 1.165) is 37.5 Å². The molecule has 0 fully saturated rings. The van der Waals surface area contributed by atoms with E-state index < -0.39 is 0 Å². The number of amides is 1. The molecule has 1 aliphatic rings. The predicted molar refractivity (Wildman–Crippen MR) is 76.8 cm³/mol. The molecule has 0 saturated heterocycles. The molecule has 0 bridgehead atoms. The number of aromatic nitrogens is 3. The lowest BCUT2D eigenvalue weighted by Crippen LogP contribution is -2.37. The molecular weight excluding hydrogens is 254 g/mol. The second kappa shape index (κ2) is 6.35. The van der Waals surface area contributed by atoms with Gasteiger partial charge < -0.3 is 15.2 Å². The molecule has 0 radical (unpaired) electrons. The van der Waals surface area contributed by atoms with Crippen molar-refractivity contribution >= 4 is 5.91 Å².